The quantitative estimate of drug-likeness (QED) is 0.231. The Balaban J connectivity index is 2.59. The lowest BCUT2D eigenvalue weighted by atomic mass is 10.3. The van der Waals surface area contributed by atoms with Crippen LogP contribution in [0.3, 0.4) is 0 Å². The molecule has 152 valence electrons. The molecule has 0 bridgehead atoms. The number of hydrogen-bond acceptors (Lipinski definition) is 7. The Morgan fingerprint density at radius 1 is 1.07 bits per heavy atom. The zero-order valence-corrected chi connectivity index (χ0v) is 17.1. The van der Waals surface area contributed by atoms with Gasteiger partial charge in [-0.2, -0.15) is 0 Å². The minimum atomic E-state index is -1.04. The second-order valence-corrected chi connectivity index (χ2v) is 6.53. The van der Waals surface area contributed by atoms with E-state index in [9.17, 15) is 14.4 Å². The summed E-state index contributed by atoms with van der Waals surface area (Å²) in [7, 11) is 0. The van der Waals surface area contributed by atoms with Crippen LogP contribution in [-0.2, 0) is 28.6 Å². The van der Waals surface area contributed by atoms with Crippen molar-refractivity contribution in [1.29, 1.82) is 0 Å². The highest BCUT2D eigenvalue weighted by Crippen LogP contribution is 2.33. The Morgan fingerprint density at radius 2 is 1.68 bits per heavy atom. The third kappa shape index (κ3) is 8.21. The summed E-state index contributed by atoms with van der Waals surface area (Å²) in [5.41, 5.74) is 0.129. The number of carbonyl (C=O) groups excluding carboxylic acids is 3. The number of benzene rings is 1. The monoisotopic (exact) mass is 450 g/mol. The van der Waals surface area contributed by atoms with Gasteiger partial charge in [-0.05, 0) is 13.0 Å². The van der Waals surface area contributed by atoms with Gasteiger partial charge in [-0.3, -0.25) is 0 Å². The fraction of sp³-hybridized carbons (Fsp3) is 0.278. The van der Waals surface area contributed by atoms with Crippen molar-refractivity contribution in [3.63, 3.8) is 0 Å². The molecule has 0 saturated carbocycles. The summed E-state index contributed by atoms with van der Waals surface area (Å²) >= 11 is 17.6. The predicted octanol–water partition coefficient (Wildman–Crippen LogP) is 3.79. The molecule has 7 nitrogen and oxygen atoms in total. The highest BCUT2D eigenvalue weighted by Gasteiger charge is 2.20. The van der Waals surface area contributed by atoms with E-state index in [1.54, 1.807) is 0 Å². The van der Waals surface area contributed by atoms with Gasteiger partial charge in [-0.25, -0.2) is 14.4 Å². The first kappa shape index (κ1) is 23.8. The minimum absolute atomic E-state index is 0.129. The first-order valence-corrected chi connectivity index (χ1v) is 8.86. The second-order valence-electron chi connectivity index (χ2n) is 5.31. The third-order valence-electron chi connectivity index (χ3n) is 2.95. The number of esters is 3. The number of hydrogen-bond donors (Lipinski definition) is 0. The van der Waals surface area contributed by atoms with Crippen molar-refractivity contribution in [3.8, 4) is 5.75 Å². The lowest BCUT2D eigenvalue weighted by Crippen LogP contribution is -2.31. The summed E-state index contributed by atoms with van der Waals surface area (Å²) in [6.45, 7) is 6.92. The van der Waals surface area contributed by atoms with Crippen molar-refractivity contribution in [1.82, 2.24) is 0 Å². The molecule has 0 heterocycles. The number of halogens is 3. The summed E-state index contributed by atoms with van der Waals surface area (Å²) in [5.74, 6) is -2.10. The molecule has 1 atom stereocenters. The van der Waals surface area contributed by atoms with Crippen LogP contribution in [0.4, 0.5) is 0 Å². The topological polar surface area (TPSA) is 88.1 Å². The lowest BCUT2D eigenvalue weighted by Gasteiger charge is -2.18. The van der Waals surface area contributed by atoms with E-state index in [1.807, 2.05) is 0 Å². The Labute approximate surface area is 176 Å². The van der Waals surface area contributed by atoms with E-state index in [2.05, 4.69) is 13.2 Å². The van der Waals surface area contributed by atoms with Crippen LogP contribution < -0.4 is 4.74 Å². The van der Waals surface area contributed by atoms with Crippen LogP contribution in [0, 0.1) is 0 Å². The van der Waals surface area contributed by atoms with Crippen LogP contribution in [0.15, 0.2) is 36.9 Å². The van der Waals surface area contributed by atoms with Gasteiger partial charge in [0.05, 0.1) is 15.1 Å². The minimum Gasteiger partial charge on any atom is -0.480 e. The van der Waals surface area contributed by atoms with Crippen LogP contribution in [0.1, 0.15) is 6.92 Å². The summed E-state index contributed by atoms with van der Waals surface area (Å²) in [4.78, 5) is 34.7. The SMILES string of the molecule is C=CC(=O)OCC(COC(=O)COc1cc(Cl)c(Cl)cc1Cl)OC(=O)C(=C)C. The van der Waals surface area contributed by atoms with Crippen LogP contribution in [0.25, 0.3) is 0 Å². The van der Waals surface area contributed by atoms with Gasteiger partial charge in [-0.15, -0.1) is 0 Å². The van der Waals surface area contributed by atoms with Gasteiger partial charge in [0.1, 0.15) is 19.0 Å². The Hall–Kier alpha value is -2.22. The van der Waals surface area contributed by atoms with Crippen LogP contribution >= 0.6 is 34.8 Å². The van der Waals surface area contributed by atoms with Crippen molar-refractivity contribution in [3.05, 3.63) is 52.0 Å². The van der Waals surface area contributed by atoms with Crippen LogP contribution in [0.2, 0.25) is 15.1 Å². The fourth-order valence-electron chi connectivity index (χ4n) is 1.58. The van der Waals surface area contributed by atoms with Crippen molar-refractivity contribution in [2.45, 2.75) is 13.0 Å². The van der Waals surface area contributed by atoms with Gasteiger partial charge < -0.3 is 18.9 Å². The summed E-state index contributed by atoms with van der Waals surface area (Å²) < 4.78 is 20.1. The normalized spacial score (nSPS) is 11.1. The molecule has 1 rings (SSSR count). The standard InChI is InChI=1S/C18H17Cl3O7/c1-4-16(22)26-7-11(28-18(24)10(2)3)8-27-17(23)9-25-15-6-13(20)12(19)5-14(15)21/h4-6,11H,1-2,7-9H2,3H3. The molecule has 1 aromatic rings. The van der Waals surface area contributed by atoms with Gasteiger partial charge in [0, 0.05) is 17.7 Å². The van der Waals surface area contributed by atoms with Gasteiger partial charge in [-0.1, -0.05) is 48.0 Å². The molecular weight excluding hydrogens is 435 g/mol. The largest absolute Gasteiger partial charge is 0.480 e. The molecule has 0 radical (unpaired) electrons. The van der Waals surface area contributed by atoms with Crippen LogP contribution in [0.5, 0.6) is 5.75 Å². The molecule has 28 heavy (non-hydrogen) atoms. The summed E-state index contributed by atoms with van der Waals surface area (Å²) in [6.07, 6.45) is -0.0935. The second kappa shape index (κ2) is 11.6. The van der Waals surface area contributed by atoms with E-state index in [4.69, 9.17) is 53.8 Å². The number of carbonyl (C=O) groups is 3. The summed E-state index contributed by atoms with van der Waals surface area (Å²) in [6, 6.07) is 2.72. The Kier molecular flexibility index (Phi) is 9.85. The predicted molar refractivity (Wildman–Crippen MR) is 104 cm³/mol. The zero-order valence-electron chi connectivity index (χ0n) is 14.8. The van der Waals surface area contributed by atoms with Gasteiger partial charge in [0.15, 0.2) is 12.7 Å². The van der Waals surface area contributed by atoms with Gasteiger partial charge >= 0.3 is 17.9 Å². The smallest absolute Gasteiger partial charge is 0.344 e. The van der Waals surface area contributed by atoms with E-state index in [0.717, 1.165) is 6.08 Å². The molecule has 0 saturated heterocycles. The van der Waals surface area contributed by atoms with Crippen molar-refractivity contribution < 1.29 is 33.3 Å². The van der Waals surface area contributed by atoms with Crippen LogP contribution in [-0.4, -0.2) is 43.8 Å². The highest BCUT2D eigenvalue weighted by molar-refractivity contribution is 6.43. The molecule has 0 spiro atoms. The van der Waals surface area contributed by atoms with E-state index >= 15 is 0 Å². The van der Waals surface area contributed by atoms with E-state index < -0.39 is 30.6 Å². The summed E-state index contributed by atoms with van der Waals surface area (Å²) in [5, 5.41) is 0.592. The number of rotatable bonds is 10. The molecule has 0 N–H and O–H groups in total. The molecule has 0 aliphatic rings. The van der Waals surface area contributed by atoms with E-state index in [0.29, 0.717) is 0 Å². The van der Waals surface area contributed by atoms with Crippen molar-refractivity contribution >= 4 is 52.7 Å². The number of ether oxygens (including phenoxy) is 4. The maximum atomic E-state index is 11.9. The lowest BCUT2D eigenvalue weighted by molar-refractivity contribution is -0.163. The molecular formula is C18H17Cl3O7. The average molecular weight is 452 g/mol. The van der Waals surface area contributed by atoms with Gasteiger partial charge in [0.2, 0.25) is 0 Å². The first-order chi connectivity index (χ1) is 13.1. The Morgan fingerprint density at radius 3 is 2.29 bits per heavy atom. The van der Waals surface area contributed by atoms with E-state index in [-0.39, 0.29) is 39.6 Å². The highest BCUT2D eigenvalue weighted by atomic mass is 35.5. The zero-order chi connectivity index (χ0) is 21.3. The molecule has 0 amide bonds. The molecule has 0 aliphatic heterocycles. The molecule has 0 fully saturated rings. The maximum Gasteiger partial charge on any atom is 0.344 e. The van der Waals surface area contributed by atoms with Crippen molar-refractivity contribution in [2.24, 2.45) is 0 Å². The van der Waals surface area contributed by atoms with Gasteiger partial charge in [0.25, 0.3) is 0 Å². The molecule has 10 heteroatoms. The Bertz CT molecular complexity index is 777. The molecule has 1 aromatic carbocycles. The average Bonchev–Trinajstić information content (AvgIpc) is 2.64. The fourth-order valence-corrected chi connectivity index (χ4v) is 2.17. The van der Waals surface area contributed by atoms with Crippen molar-refractivity contribution in [2.75, 3.05) is 19.8 Å². The first-order valence-electron chi connectivity index (χ1n) is 7.72. The molecule has 0 aromatic heterocycles. The molecule has 0 aliphatic carbocycles. The van der Waals surface area contributed by atoms with E-state index in [1.165, 1.54) is 19.1 Å². The maximum absolute atomic E-state index is 11.9. The third-order valence-corrected chi connectivity index (χ3v) is 3.97. The molecule has 1 unspecified atom stereocenters.